The number of hydrogen-bond donors (Lipinski definition) is 1. The van der Waals surface area contributed by atoms with Crippen LogP contribution in [0.2, 0.25) is 0 Å². The average molecular weight is 97.1 g/mol. The Balaban J connectivity index is 2.96. The molecule has 0 spiro atoms. The van der Waals surface area contributed by atoms with Crippen LogP contribution in [0, 0.1) is 0 Å². The molecule has 1 aromatic rings. The van der Waals surface area contributed by atoms with Crippen molar-refractivity contribution in [1.82, 2.24) is 20.6 Å². The van der Waals surface area contributed by atoms with Gasteiger partial charge in [-0.2, -0.15) is 5.21 Å². The Bertz CT molecular complexity index is 141. The van der Waals surface area contributed by atoms with Gasteiger partial charge in [-0.15, -0.1) is 5.10 Å². The second-order valence-electron chi connectivity index (χ2n) is 0.870. The highest BCUT2D eigenvalue weighted by Gasteiger charge is 1.84. The Labute approximate surface area is 39.5 Å². The van der Waals surface area contributed by atoms with Gasteiger partial charge in [0.05, 0.1) is 0 Å². The molecular weight excluding hydrogens is 94.1 g/mol. The van der Waals surface area contributed by atoms with Crippen molar-refractivity contribution in [3.8, 4) is 0 Å². The molecule has 0 saturated carbocycles. The quantitative estimate of drug-likeness (QED) is 0.482. The molecule has 0 aliphatic heterocycles. The van der Waals surface area contributed by atoms with E-state index in [1.807, 2.05) is 0 Å². The average Bonchev–Trinajstić information content (AvgIpc) is 2.14. The van der Waals surface area contributed by atoms with E-state index in [0.717, 1.165) is 0 Å². The lowest BCUT2D eigenvalue weighted by atomic mass is 11.1. The lowest BCUT2D eigenvalue weighted by molar-refractivity contribution is 0.881. The molecule has 0 radical (unpaired) electrons. The summed E-state index contributed by atoms with van der Waals surface area (Å²) in [5.41, 5.74) is 0. The molecule has 0 saturated heterocycles. The Hall–Kier alpha value is -1.26. The van der Waals surface area contributed by atoms with Gasteiger partial charge in [-0.05, 0) is 11.9 Å². The van der Waals surface area contributed by atoms with E-state index in [1.165, 1.54) is 0 Å². The standard InChI is InChI=1S/C2H3N5/c1-3-2-4-6-7-5-2/h1H2,(H,4,5,6,7). The lowest BCUT2D eigenvalue weighted by Gasteiger charge is -1.65. The summed E-state index contributed by atoms with van der Waals surface area (Å²) in [5.74, 6) is 0.278. The molecule has 1 rings (SSSR count). The van der Waals surface area contributed by atoms with Gasteiger partial charge in [0.1, 0.15) is 0 Å². The van der Waals surface area contributed by atoms with Crippen molar-refractivity contribution < 1.29 is 0 Å². The molecule has 0 atom stereocenters. The molecule has 36 valence electrons. The molecule has 0 amide bonds. The Morgan fingerprint density at radius 3 is 2.86 bits per heavy atom. The highest BCUT2D eigenvalue weighted by atomic mass is 15.5. The Morgan fingerprint density at radius 1 is 1.71 bits per heavy atom. The number of rotatable bonds is 1. The van der Waals surface area contributed by atoms with Crippen LogP contribution in [0.15, 0.2) is 4.99 Å². The fraction of sp³-hybridized carbons (Fsp3) is 0. The van der Waals surface area contributed by atoms with E-state index in [2.05, 4.69) is 32.3 Å². The summed E-state index contributed by atoms with van der Waals surface area (Å²) in [5, 5.41) is 12.4. The van der Waals surface area contributed by atoms with E-state index >= 15 is 0 Å². The second kappa shape index (κ2) is 1.46. The molecule has 0 aromatic carbocycles. The van der Waals surface area contributed by atoms with Crippen molar-refractivity contribution in [2.24, 2.45) is 4.99 Å². The maximum atomic E-state index is 3.46. The van der Waals surface area contributed by atoms with Crippen molar-refractivity contribution in [2.75, 3.05) is 0 Å². The van der Waals surface area contributed by atoms with Crippen LogP contribution in [0.4, 0.5) is 5.95 Å². The molecule has 1 aromatic heterocycles. The molecule has 7 heavy (non-hydrogen) atoms. The first-order chi connectivity index (χ1) is 3.43. The van der Waals surface area contributed by atoms with Crippen LogP contribution in [-0.4, -0.2) is 27.3 Å². The van der Waals surface area contributed by atoms with Crippen LogP contribution in [-0.2, 0) is 0 Å². The number of aliphatic imine (C=N–C) groups is 1. The minimum absolute atomic E-state index is 0.278. The molecule has 0 aliphatic carbocycles. The van der Waals surface area contributed by atoms with E-state index in [4.69, 9.17) is 0 Å². The fourth-order valence-corrected chi connectivity index (χ4v) is 0.224. The SMILES string of the molecule is C=Nc1nn[nH]n1. The van der Waals surface area contributed by atoms with Gasteiger partial charge in [0.25, 0.3) is 5.95 Å². The maximum absolute atomic E-state index is 3.46. The van der Waals surface area contributed by atoms with Gasteiger partial charge in [-0.1, -0.05) is 5.10 Å². The maximum Gasteiger partial charge on any atom is 0.288 e. The minimum Gasteiger partial charge on any atom is -0.225 e. The smallest absolute Gasteiger partial charge is 0.225 e. The van der Waals surface area contributed by atoms with Crippen LogP contribution in [0.1, 0.15) is 0 Å². The van der Waals surface area contributed by atoms with Gasteiger partial charge in [0.2, 0.25) is 0 Å². The Morgan fingerprint density at radius 2 is 2.57 bits per heavy atom. The first-order valence-corrected chi connectivity index (χ1v) is 1.63. The fourth-order valence-electron chi connectivity index (χ4n) is 0.224. The number of tetrazole rings is 1. The zero-order valence-corrected chi connectivity index (χ0v) is 3.50. The van der Waals surface area contributed by atoms with Gasteiger partial charge in [0, 0.05) is 0 Å². The zero-order valence-electron chi connectivity index (χ0n) is 3.50. The predicted octanol–water partition coefficient (Wildman–Crippen LogP) is -0.468. The van der Waals surface area contributed by atoms with Crippen molar-refractivity contribution in [1.29, 1.82) is 0 Å². The third-order valence-corrected chi connectivity index (χ3v) is 0.476. The largest absolute Gasteiger partial charge is 0.288 e. The van der Waals surface area contributed by atoms with Crippen LogP contribution < -0.4 is 0 Å². The summed E-state index contributed by atoms with van der Waals surface area (Å²) in [7, 11) is 0. The normalized spacial score (nSPS) is 8.57. The monoisotopic (exact) mass is 97.0 g/mol. The van der Waals surface area contributed by atoms with Crippen molar-refractivity contribution in [2.45, 2.75) is 0 Å². The number of nitrogens with zero attached hydrogens (tertiary/aromatic N) is 4. The van der Waals surface area contributed by atoms with Gasteiger partial charge in [0.15, 0.2) is 0 Å². The summed E-state index contributed by atoms with van der Waals surface area (Å²) in [4.78, 5) is 3.36. The first kappa shape index (κ1) is 3.91. The van der Waals surface area contributed by atoms with Gasteiger partial charge in [-0.3, -0.25) is 0 Å². The number of aromatic amines is 1. The third kappa shape index (κ3) is 0.594. The molecule has 0 aliphatic rings. The lowest BCUT2D eigenvalue weighted by Crippen LogP contribution is -1.64. The van der Waals surface area contributed by atoms with Gasteiger partial charge >= 0.3 is 0 Å². The van der Waals surface area contributed by atoms with Crippen molar-refractivity contribution >= 4 is 12.7 Å². The van der Waals surface area contributed by atoms with E-state index < -0.39 is 0 Å². The summed E-state index contributed by atoms with van der Waals surface area (Å²) in [6.45, 7) is 3.17. The topological polar surface area (TPSA) is 66.8 Å². The zero-order chi connectivity index (χ0) is 5.11. The van der Waals surface area contributed by atoms with Crippen LogP contribution in [0.3, 0.4) is 0 Å². The third-order valence-electron chi connectivity index (χ3n) is 0.476. The number of aromatic nitrogens is 4. The molecule has 5 nitrogen and oxygen atoms in total. The number of H-pyrrole nitrogens is 1. The molecule has 1 N–H and O–H groups in total. The molecule has 0 bridgehead atoms. The van der Waals surface area contributed by atoms with Gasteiger partial charge < -0.3 is 0 Å². The van der Waals surface area contributed by atoms with Crippen LogP contribution in [0.5, 0.6) is 0 Å². The van der Waals surface area contributed by atoms with E-state index in [0.29, 0.717) is 0 Å². The number of nitrogens with one attached hydrogen (secondary N) is 1. The van der Waals surface area contributed by atoms with E-state index in [1.54, 1.807) is 0 Å². The van der Waals surface area contributed by atoms with Crippen molar-refractivity contribution in [3.05, 3.63) is 0 Å². The van der Waals surface area contributed by atoms with E-state index in [-0.39, 0.29) is 5.95 Å². The summed E-state index contributed by atoms with van der Waals surface area (Å²) in [6.07, 6.45) is 0. The first-order valence-electron chi connectivity index (χ1n) is 1.63. The number of hydrogen-bond acceptors (Lipinski definition) is 4. The van der Waals surface area contributed by atoms with E-state index in [9.17, 15) is 0 Å². The minimum atomic E-state index is 0.278. The molecular formula is C2H3N5. The summed E-state index contributed by atoms with van der Waals surface area (Å²) in [6, 6.07) is 0. The predicted molar refractivity (Wildman–Crippen MR) is 23.4 cm³/mol. The van der Waals surface area contributed by atoms with Crippen molar-refractivity contribution in [3.63, 3.8) is 0 Å². The second-order valence-corrected chi connectivity index (χ2v) is 0.870. The molecule has 1 heterocycles. The Kier molecular flexibility index (Phi) is 0.816. The summed E-state index contributed by atoms with van der Waals surface area (Å²) < 4.78 is 0. The highest BCUT2D eigenvalue weighted by molar-refractivity contribution is 5.32. The highest BCUT2D eigenvalue weighted by Crippen LogP contribution is 1.90. The van der Waals surface area contributed by atoms with Crippen LogP contribution in [0.25, 0.3) is 0 Å². The molecule has 0 fully saturated rings. The molecule has 5 heteroatoms. The summed E-state index contributed by atoms with van der Waals surface area (Å²) >= 11 is 0. The van der Waals surface area contributed by atoms with Crippen LogP contribution >= 0.6 is 0 Å². The molecule has 0 unspecified atom stereocenters. The van der Waals surface area contributed by atoms with Gasteiger partial charge in [-0.25, -0.2) is 4.99 Å².